The van der Waals surface area contributed by atoms with Crippen molar-refractivity contribution in [2.75, 3.05) is 19.9 Å². The van der Waals surface area contributed by atoms with Crippen LogP contribution in [0.2, 0.25) is 0 Å². The van der Waals surface area contributed by atoms with E-state index in [4.69, 9.17) is 9.47 Å². The Hall–Kier alpha value is -2.65. The number of hydrogen-bond acceptors (Lipinski definition) is 7. The second-order valence-corrected chi connectivity index (χ2v) is 10.0. The van der Waals surface area contributed by atoms with Crippen LogP contribution in [-0.4, -0.2) is 56.8 Å². The molecule has 1 amide bonds. The molecule has 33 heavy (non-hydrogen) atoms. The summed E-state index contributed by atoms with van der Waals surface area (Å²) in [4.78, 5) is 15.4. The van der Waals surface area contributed by atoms with Crippen molar-refractivity contribution in [3.05, 3.63) is 35.7 Å². The Morgan fingerprint density at radius 2 is 2.09 bits per heavy atom. The summed E-state index contributed by atoms with van der Waals surface area (Å²) in [7, 11) is 0. The number of rotatable bonds is 6. The molecule has 4 fully saturated rings. The number of aromatic nitrogens is 3. The Labute approximate surface area is 193 Å². The first-order chi connectivity index (χ1) is 16.1. The molecule has 1 aromatic carbocycles. The molecular weight excluding hydrogens is 422 g/mol. The number of nitrogens with zero attached hydrogens (tertiary/aromatic N) is 4. The van der Waals surface area contributed by atoms with Crippen LogP contribution >= 0.6 is 0 Å². The third-order valence-corrected chi connectivity index (χ3v) is 7.96. The average molecular weight is 454 g/mol. The van der Waals surface area contributed by atoms with Gasteiger partial charge < -0.3 is 19.9 Å². The Kier molecular flexibility index (Phi) is 5.25. The topological polar surface area (TPSA) is 102 Å². The highest BCUT2D eigenvalue weighted by Gasteiger charge is 2.43. The van der Waals surface area contributed by atoms with Gasteiger partial charge in [-0.1, -0.05) is 24.1 Å². The first kappa shape index (κ1) is 20.9. The minimum absolute atomic E-state index is 0.0227. The minimum atomic E-state index is -0.800. The van der Waals surface area contributed by atoms with Gasteiger partial charge in [-0.25, -0.2) is 0 Å². The zero-order valence-electron chi connectivity index (χ0n) is 18.8. The monoisotopic (exact) mass is 453 g/mol. The van der Waals surface area contributed by atoms with E-state index < -0.39 is 5.60 Å². The molecule has 3 saturated heterocycles. The van der Waals surface area contributed by atoms with Gasteiger partial charge in [-0.2, -0.15) is 0 Å². The van der Waals surface area contributed by atoms with Gasteiger partial charge in [0.2, 0.25) is 12.7 Å². The zero-order valence-corrected chi connectivity index (χ0v) is 18.8. The molecule has 1 aliphatic carbocycles. The van der Waals surface area contributed by atoms with Gasteiger partial charge in [-0.15, -0.1) is 5.10 Å². The lowest BCUT2D eigenvalue weighted by Crippen LogP contribution is -2.58. The van der Waals surface area contributed by atoms with E-state index in [0.29, 0.717) is 24.2 Å². The SMILES string of the molecule is O=C(NCc1ccc2c(c1)OCO2)[C@H]1CN2CCC1C[C@@H]2Cn1cc(C2(O)CCCC2)nn1. The van der Waals surface area contributed by atoms with E-state index in [-0.39, 0.29) is 18.6 Å². The van der Waals surface area contributed by atoms with Crippen molar-refractivity contribution in [1.82, 2.24) is 25.2 Å². The summed E-state index contributed by atoms with van der Waals surface area (Å²) in [5.41, 5.74) is 0.917. The van der Waals surface area contributed by atoms with Crippen LogP contribution in [-0.2, 0) is 23.5 Å². The summed E-state index contributed by atoms with van der Waals surface area (Å²) in [6.07, 6.45) is 7.59. The normalized spacial score (nSPS) is 29.4. The number of carbonyl (C=O) groups excluding carboxylic acids is 1. The molecular formula is C24H31N5O4. The minimum Gasteiger partial charge on any atom is -0.454 e. The molecule has 176 valence electrons. The van der Waals surface area contributed by atoms with Gasteiger partial charge >= 0.3 is 0 Å². The second-order valence-electron chi connectivity index (χ2n) is 10.0. The highest BCUT2D eigenvalue weighted by atomic mass is 16.7. The molecule has 9 nitrogen and oxygen atoms in total. The van der Waals surface area contributed by atoms with E-state index >= 15 is 0 Å². The van der Waals surface area contributed by atoms with Crippen LogP contribution in [0.4, 0.5) is 0 Å². The number of piperidine rings is 3. The first-order valence-corrected chi connectivity index (χ1v) is 12.1. The van der Waals surface area contributed by atoms with Gasteiger partial charge in [0.25, 0.3) is 0 Å². The van der Waals surface area contributed by atoms with Gasteiger partial charge in [0.05, 0.1) is 18.7 Å². The third-order valence-electron chi connectivity index (χ3n) is 7.96. The van der Waals surface area contributed by atoms with Crippen molar-refractivity contribution >= 4 is 5.91 Å². The number of fused-ring (bicyclic) bond motifs is 4. The number of ether oxygens (including phenoxy) is 2. The fourth-order valence-corrected chi connectivity index (χ4v) is 6.03. The molecule has 5 heterocycles. The predicted octanol–water partition coefficient (Wildman–Crippen LogP) is 1.80. The molecule has 2 unspecified atom stereocenters. The van der Waals surface area contributed by atoms with E-state index in [9.17, 15) is 9.90 Å². The average Bonchev–Trinajstić information content (AvgIpc) is 3.59. The van der Waals surface area contributed by atoms with Crippen molar-refractivity contribution in [1.29, 1.82) is 0 Å². The lowest BCUT2D eigenvalue weighted by Gasteiger charge is -2.49. The van der Waals surface area contributed by atoms with E-state index in [0.717, 1.165) is 75.2 Å². The Balaban J connectivity index is 1.05. The Morgan fingerprint density at radius 3 is 2.91 bits per heavy atom. The fraction of sp³-hybridized carbons (Fsp3) is 0.625. The van der Waals surface area contributed by atoms with Crippen molar-refractivity contribution in [2.45, 2.75) is 63.3 Å². The largest absolute Gasteiger partial charge is 0.454 e. The van der Waals surface area contributed by atoms with Crippen LogP contribution in [0, 0.1) is 11.8 Å². The van der Waals surface area contributed by atoms with Crippen LogP contribution in [0.3, 0.4) is 0 Å². The highest BCUT2D eigenvalue weighted by molar-refractivity contribution is 5.79. The number of nitrogens with one attached hydrogen (secondary N) is 1. The molecule has 7 rings (SSSR count). The number of carbonyl (C=O) groups is 1. The molecule has 2 aromatic rings. The molecule has 2 N–H and O–H groups in total. The Bertz CT molecular complexity index is 1030. The molecule has 2 bridgehead atoms. The van der Waals surface area contributed by atoms with Crippen LogP contribution in [0.5, 0.6) is 11.5 Å². The predicted molar refractivity (Wildman–Crippen MR) is 118 cm³/mol. The Morgan fingerprint density at radius 1 is 1.24 bits per heavy atom. The number of aliphatic hydroxyl groups is 1. The van der Waals surface area contributed by atoms with Crippen LogP contribution < -0.4 is 14.8 Å². The van der Waals surface area contributed by atoms with Crippen LogP contribution in [0.25, 0.3) is 0 Å². The van der Waals surface area contributed by atoms with Gasteiger partial charge in [0, 0.05) is 19.1 Å². The quantitative estimate of drug-likeness (QED) is 0.688. The fourth-order valence-electron chi connectivity index (χ4n) is 6.03. The summed E-state index contributed by atoms with van der Waals surface area (Å²) >= 11 is 0. The van der Waals surface area contributed by atoms with Crippen molar-refractivity contribution in [3.8, 4) is 11.5 Å². The smallest absolute Gasteiger partial charge is 0.231 e. The highest BCUT2D eigenvalue weighted by Crippen LogP contribution is 2.39. The van der Waals surface area contributed by atoms with Crippen molar-refractivity contribution in [3.63, 3.8) is 0 Å². The van der Waals surface area contributed by atoms with Gasteiger partial charge in [0.1, 0.15) is 11.3 Å². The summed E-state index contributed by atoms with van der Waals surface area (Å²) in [5, 5.41) is 22.5. The molecule has 4 aliphatic heterocycles. The molecule has 4 atom stereocenters. The molecule has 0 radical (unpaired) electrons. The first-order valence-electron chi connectivity index (χ1n) is 12.1. The van der Waals surface area contributed by atoms with Crippen molar-refractivity contribution < 1.29 is 19.4 Å². The van der Waals surface area contributed by atoms with Gasteiger partial charge in [-0.3, -0.25) is 14.4 Å². The lowest BCUT2D eigenvalue weighted by atomic mass is 9.75. The van der Waals surface area contributed by atoms with Crippen molar-refractivity contribution in [2.24, 2.45) is 11.8 Å². The third kappa shape index (κ3) is 3.97. The molecule has 1 aromatic heterocycles. The molecule has 1 saturated carbocycles. The second kappa shape index (κ2) is 8.29. The molecule has 9 heteroatoms. The molecule has 0 spiro atoms. The number of amides is 1. The summed E-state index contributed by atoms with van der Waals surface area (Å²) in [6, 6.07) is 6.15. The van der Waals surface area contributed by atoms with E-state index in [1.54, 1.807) is 0 Å². The maximum Gasteiger partial charge on any atom is 0.231 e. The summed E-state index contributed by atoms with van der Waals surface area (Å²) in [6.45, 7) is 3.31. The van der Waals surface area contributed by atoms with Gasteiger partial charge in [0.15, 0.2) is 11.5 Å². The summed E-state index contributed by atoms with van der Waals surface area (Å²) < 4.78 is 12.7. The standard InChI is InChI=1S/C24H31N5O4/c30-23(25-11-16-3-4-20-21(9-16)33-15-32-20)19-13-28-8-5-17(19)10-18(28)12-29-14-22(26-27-29)24(31)6-1-2-7-24/h3-4,9,14,17-19,31H,1-2,5-8,10-13,15H2,(H,25,30)/t17?,18-,19+/m1/s1. The van der Waals surface area contributed by atoms with E-state index in [1.165, 1.54) is 0 Å². The zero-order chi connectivity index (χ0) is 22.4. The lowest BCUT2D eigenvalue weighted by molar-refractivity contribution is -0.133. The number of hydrogen-bond donors (Lipinski definition) is 2. The maximum absolute atomic E-state index is 13.0. The number of benzene rings is 1. The van der Waals surface area contributed by atoms with E-state index in [1.807, 2.05) is 29.1 Å². The van der Waals surface area contributed by atoms with Crippen LogP contribution in [0.1, 0.15) is 49.8 Å². The van der Waals surface area contributed by atoms with E-state index in [2.05, 4.69) is 20.5 Å². The maximum atomic E-state index is 13.0. The van der Waals surface area contributed by atoms with Gasteiger partial charge in [-0.05, 0) is 55.8 Å². The van der Waals surface area contributed by atoms with Crippen LogP contribution in [0.15, 0.2) is 24.4 Å². The molecule has 5 aliphatic rings. The summed E-state index contributed by atoms with van der Waals surface area (Å²) in [5.74, 6) is 2.04.